The maximum atomic E-state index is 12.6. The third-order valence-corrected chi connectivity index (χ3v) is 6.24. The molecule has 4 rings (SSSR count). The second kappa shape index (κ2) is 5.71. The van der Waals surface area contributed by atoms with E-state index in [-0.39, 0.29) is 0 Å². The lowest BCUT2D eigenvalue weighted by molar-refractivity contribution is 0.477. The van der Waals surface area contributed by atoms with Gasteiger partial charge in [0.25, 0.3) is 0 Å². The van der Waals surface area contributed by atoms with E-state index in [2.05, 4.69) is 10.1 Å². The zero-order valence-electron chi connectivity index (χ0n) is 13.5. The van der Waals surface area contributed by atoms with Crippen LogP contribution in [0.1, 0.15) is 12.8 Å². The zero-order chi connectivity index (χ0) is 17.6. The molecule has 1 aromatic carbocycles. The van der Waals surface area contributed by atoms with E-state index in [9.17, 15) is 8.42 Å². The molecule has 0 spiro atoms. The quantitative estimate of drug-likeness (QED) is 0.729. The van der Waals surface area contributed by atoms with Gasteiger partial charge in [0.2, 0.25) is 10.0 Å². The first-order valence-electron chi connectivity index (χ1n) is 7.97. The molecule has 0 saturated carbocycles. The Morgan fingerprint density at radius 1 is 1.04 bits per heavy atom. The number of nitrogens with zero attached hydrogens (tertiary/aromatic N) is 4. The molecule has 0 unspecified atom stereocenters. The van der Waals surface area contributed by atoms with Gasteiger partial charge in [-0.25, -0.2) is 17.9 Å². The second-order valence-corrected chi connectivity index (χ2v) is 7.99. The van der Waals surface area contributed by atoms with Gasteiger partial charge in [-0.15, -0.1) is 5.10 Å². The Balaban J connectivity index is 1.70. The molecule has 3 heterocycles. The molecule has 1 aliphatic rings. The average molecular weight is 358 g/mol. The van der Waals surface area contributed by atoms with Gasteiger partial charge in [-0.3, -0.25) is 0 Å². The number of rotatable bonds is 3. The first-order chi connectivity index (χ1) is 11.9. The third-order valence-electron chi connectivity index (χ3n) is 4.33. The molecule has 130 valence electrons. The molecule has 1 saturated heterocycles. The SMILES string of the molecule is Nc1cc(N)c2nc(-c3ccc(S(=O)(=O)N4CCCC4)cc3)cn2n1. The molecular formula is C16H18N6O2S. The molecule has 0 radical (unpaired) electrons. The van der Waals surface area contributed by atoms with Crippen molar-refractivity contribution in [2.24, 2.45) is 0 Å². The third kappa shape index (κ3) is 2.71. The number of hydrogen-bond donors (Lipinski definition) is 2. The Labute approximate surface area is 145 Å². The number of fused-ring (bicyclic) bond motifs is 1. The van der Waals surface area contributed by atoms with Crippen molar-refractivity contribution in [3.8, 4) is 11.3 Å². The molecule has 0 aliphatic carbocycles. The smallest absolute Gasteiger partial charge is 0.243 e. The van der Waals surface area contributed by atoms with Gasteiger partial charge in [0.1, 0.15) is 5.82 Å². The molecule has 3 aromatic rings. The summed E-state index contributed by atoms with van der Waals surface area (Å²) in [4.78, 5) is 4.75. The maximum Gasteiger partial charge on any atom is 0.243 e. The van der Waals surface area contributed by atoms with Crippen molar-refractivity contribution in [1.82, 2.24) is 18.9 Å². The molecule has 0 amide bonds. The summed E-state index contributed by atoms with van der Waals surface area (Å²) in [5.74, 6) is 0.306. The van der Waals surface area contributed by atoms with E-state index in [4.69, 9.17) is 11.5 Å². The van der Waals surface area contributed by atoms with Crippen molar-refractivity contribution < 1.29 is 8.42 Å². The van der Waals surface area contributed by atoms with Crippen molar-refractivity contribution >= 4 is 27.2 Å². The molecular weight excluding hydrogens is 340 g/mol. The minimum Gasteiger partial charge on any atom is -0.396 e. The number of imidazole rings is 1. The summed E-state index contributed by atoms with van der Waals surface area (Å²) >= 11 is 0. The second-order valence-electron chi connectivity index (χ2n) is 6.05. The number of nitrogens with two attached hydrogens (primary N) is 2. The van der Waals surface area contributed by atoms with Crippen LogP contribution in [0.2, 0.25) is 0 Å². The summed E-state index contributed by atoms with van der Waals surface area (Å²) < 4.78 is 28.2. The van der Waals surface area contributed by atoms with Crippen molar-refractivity contribution in [3.05, 3.63) is 36.5 Å². The number of aromatic nitrogens is 3. The van der Waals surface area contributed by atoms with Crippen LogP contribution < -0.4 is 11.5 Å². The van der Waals surface area contributed by atoms with Crippen molar-refractivity contribution in [2.45, 2.75) is 17.7 Å². The van der Waals surface area contributed by atoms with Gasteiger partial charge < -0.3 is 11.5 Å². The lowest BCUT2D eigenvalue weighted by Gasteiger charge is -2.15. The van der Waals surface area contributed by atoms with Crippen LogP contribution in [-0.4, -0.2) is 40.4 Å². The van der Waals surface area contributed by atoms with Gasteiger partial charge in [-0.1, -0.05) is 12.1 Å². The van der Waals surface area contributed by atoms with Gasteiger partial charge in [0.05, 0.1) is 22.5 Å². The Kier molecular flexibility index (Phi) is 3.62. The topological polar surface area (TPSA) is 120 Å². The van der Waals surface area contributed by atoms with Crippen LogP contribution in [0.15, 0.2) is 41.4 Å². The molecule has 9 heteroatoms. The summed E-state index contributed by atoms with van der Waals surface area (Å²) in [7, 11) is -3.42. The van der Waals surface area contributed by atoms with Crippen molar-refractivity contribution in [1.29, 1.82) is 0 Å². The van der Waals surface area contributed by atoms with Gasteiger partial charge in [-0.2, -0.15) is 4.31 Å². The minimum absolute atomic E-state index is 0.295. The van der Waals surface area contributed by atoms with Gasteiger partial charge in [0, 0.05) is 24.7 Å². The van der Waals surface area contributed by atoms with E-state index in [1.807, 2.05) is 0 Å². The largest absolute Gasteiger partial charge is 0.396 e. The van der Waals surface area contributed by atoms with E-state index in [1.54, 1.807) is 36.5 Å². The molecule has 8 nitrogen and oxygen atoms in total. The number of benzene rings is 1. The maximum absolute atomic E-state index is 12.6. The Bertz CT molecular complexity index is 1040. The van der Waals surface area contributed by atoms with Crippen LogP contribution in [0.3, 0.4) is 0 Å². The van der Waals surface area contributed by atoms with Crippen LogP contribution in [0.4, 0.5) is 11.5 Å². The fourth-order valence-electron chi connectivity index (χ4n) is 3.04. The van der Waals surface area contributed by atoms with Crippen LogP contribution in [0, 0.1) is 0 Å². The Morgan fingerprint density at radius 2 is 1.72 bits per heavy atom. The first kappa shape index (κ1) is 15.9. The van der Waals surface area contributed by atoms with Crippen molar-refractivity contribution in [2.75, 3.05) is 24.6 Å². The molecule has 25 heavy (non-hydrogen) atoms. The lowest BCUT2D eigenvalue weighted by Crippen LogP contribution is -2.27. The highest BCUT2D eigenvalue weighted by Gasteiger charge is 2.27. The summed E-state index contributed by atoms with van der Waals surface area (Å²) in [5.41, 5.74) is 14.0. The molecule has 1 aliphatic heterocycles. The molecule has 0 atom stereocenters. The zero-order valence-corrected chi connectivity index (χ0v) is 14.3. The number of nitrogen functional groups attached to an aromatic ring is 2. The van der Waals surface area contributed by atoms with Crippen LogP contribution in [0.5, 0.6) is 0 Å². The highest BCUT2D eigenvalue weighted by atomic mass is 32.2. The van der Waals surface area contributed by atoms with Gasteiger partial charge in [0.15, 0.2) is 5.65 Å². The molecule has 0 bridgehead atoms. The highest BCUT2D eigenvalue weighted by molar-refractivity contribution is 7.89. The van der Waals surface area contributed by atoms with E-state index in [0.29, 0.717) is 40.8 Å². The first-order valence-corrected chi connectivity index (χ1v) is 9.41. The summed E-state index contributed by atoms with van der Waals surface area (Å²) in [6.07, 6.45) is 3.54. The summed E-state index contributed by atoms with van der Waals surface area (Å²) in [5, 5.41) is 4.14. The van der Waals surface area contributed by atoms with E-state index in [0.717, 1.165) is 18.4 Å². The monoisotopic (exact) mass is 358 g/mol. The predicted molar refractivity (Wildman–Crippen MR) is 95.2 cm³/mol. The number of anilines is 2. The lowest BCUT2D eigenvalue weighted by atomic mass is 10.2. The van der Waals surface area contributed by atoms with Crippen molar-refractivity contribution in [3.63, 3.8) is 0 Å². The number of sulfonamides is 1. The average Bonchev–Trinajstić information content (AvgIpc) is 3.25. The molecule has 4 N–H and O–H groups in total. The van der Waals surface area contributed by atoms with Gasteiger partial charge >= 0.3 is 0 Å². The van der Waals surface area contributed by atoms with Gasteiger partial charge in [-0.05, 0) is 25.0 Å². The summed E-state index contributed by atoms with van der Waals surface area (Å²) in [6, 6.07) is 8.25. The Hall–Kier alpha value is -2.65. The van der Waals surface area contributed by atoms with E-state index in [1.165, 1.54) is 8.82 Å². The standard InChI is InChI=1S/C16H18N6O2S/c17-13-9-15(18)20-22-10-14(19-16(13)22)11-3-5-12(6-4-11)25(23,24)21-7-1-2-8-21/h3-6,9-10H,1-2,7-8,17H2,(H2,18,20). The summed E-state index contributed by atoms with van der Waals surface area (Å²) in [6.45, 7) is 1.17. The predicted octanol–water partition coefficient (Wildman–Crippen LogP) is 1.35. The highest BCUT2D eigenvalue weighted by Crippen LogP contribution is 2.25. The van der Waals surface area contributed by atoms with Crippen LogP contribution in [0.25, 0.3) is 16.9 Å². The van der Waals surface area contributed by atoms with E-state index >= 15 is 0 Å². The van der Waals surface area contributed by atoms with Crippen LogP contribution in [-0.2, 0) is 10.0 Å². The number of hydrogen-bond acceptors (Lipinski definition) is 6. The Morgan fingerprint density at radius 3 is 2.40 bits per heavy atom. The fourth-order valence-corrected chi connectivity index (χ4v) is 4.55. The normalized spacial score (nSPS) is 15.8. The minimum atomic E-state index is -3.42. The van der Waals surface area contributed by atoms with Crippen LogP contribution >= 0.6 is 0 Å². The van der Waals surface area contributed by atoms with E-state index < -0.39 is 10.0 Å². The fraction of sp³-hybridized carbons (Fsp3) is 0.250. The molecule has 1 fully saturated rings. The molecule has 2 aromatic heterocycles.